The van der Waals surface area contributed by atoms with E-state index in [1.165, 1.54) is 58.2 Å². The topological polar surface area (TPSA) is 15.3 Å². The second-order valence-electron chi connectivity index (χ2n) is 8.84. The number of rotatable bonds is 4. The van der Waals surface area contributed by atoms with Crippen molar-refractivity contribution < 1.29 is 0 Å². The van der Waals surface area contributed by atoms with Gasteiger partial charge in [0.15, 0.2) is 0 Å². The summed E-state index contributed by atoms with van der Waals surface area (Å²) in [6.45, 7) is 13.6. The van der Waals surface area contributed by atoms with E-state index in [1.54, 1.807) is 0 Å². The van der Waals surface area contributed by atoms with Crippen LogP contribution in [0.5, 0.6) is 0 Å². The number of nitrogens with one attached hydrogen (secondary N) is 1. The van der Waals surface area contributed by atoms with Crippen molar-refractivity contribution in [1.29, 1.82) is 0 Å². The third-order valence-electron chi connectivity index (χ3n) is 6.72. The van der Waals surface area contributed by atoms with Gasteiger partial charge in [-0.1, -0.05) is 40.0 Å². The molecule has 3 rings (SSSR count). The summed E-state index contributed by atoms with van der Waals surface area (Å²) in [7, 11) is 0. The number of piperazine rings is 1. The maximum atomic E-state index is 3.93. The lowest BCUT2D eigenvalue weighted by Gasteiger charge is -2.50. The summed E-state index contributed by atoms with van der Waals surface area (Å²) >= 11 is 0. The predicted octanol–water partition coefficient (Wildman–Crippen LogP) is 3.91. The first-order valence-electron chi connectivity index (χ1n) is 9.48. The fraction of sp³-hybridized carbons (Fsp3) is 1.00. The molecule has 0 aromatic carbocycles. The fourth-order valence-corrected chi connectivity index (χ4v) is 4.88. The van der Waals surface area contributed by atoms with Gasteiger partial charge in [0.2, 0.25) is 0 Å². The normalized spacial score (nSPS) is 42.4. The van der Waals surface area contributed by atoms with Crippen LogP contribution in [0.2, 0.25) is 0 Å². The van der Waals surface area contributed by atoms with E-state index in [0.29, 0.717) is 5.54 Å². The SMILES string of the molecule is CC(C)C1CNC(C)(C2CC2)CN1CC1CCCCC1C. The lowest BCUT2D eigenvalue weighted by molar-refractivity contribution is 0.0268. The van der Waals surface area contributed by atoms with Crippen molar-refractivity contribution in [1.82, 2.24) is 10.2 Å². The molecule has 0 bridgehead atoms. The van der Waals surface area contributed by atoms with Crippen LogP contribution in [0.25, 0.3) is 0 Å². The van der Waals surface area contributed by atoms with E-state index >= 15 is 0 Å². The summed E-state index contributed by atoms with van der Waals surface area (Å²) in [6.07, 6.45) is 8.76. The molecule has 4 atom stereocenters. The molecule has 3 fully saturated rings. The summed E-state index contributed by atoms with van der Waals surface area (Å²) < 4.78 is 0. The van der Waals surface area contributed by atoms with Gasteiger partial charge in [-0.25, -0.2) is 0 Å². The molecule has 21 heavy (non-hydrogen) atoms. The zero-order valence-corrected chi connectivity index (χ0v) is 14.7. The minimum atomic E-state index is 0.392. The average Bonchev–Trinajstić information content (AvgIpc) is 3.26. The first-order chi connectivity index (χ1) is 9.99. The van der Waals surface area contributed by atoms with Crippen molar-refractivity contribution in [2.45, 2.75) is 77.8 Å². The van der Waals surface area contributed by atoms with Crippen LogP contribution in [0.15, 0.2) is 0 Å². The highest BCUT2D eigenvalue weighted by Gasteiger charge is 2.46. The van der Waals surface area contributed by atoms with Gasteiger partial charge < -0.3 is 5.32 Å². The monoisotopic (exact) mass is 292 g/mol. The van der Waals surface area contributed by atoms with Gasteiger partial charge in [0, 0.05) is 31.2 Å². The molecule has 2 heteroatoms. The molecule has 1 N–H and O–H groups in total. The molecule has 122 valence electrons. The van der Waals surface area contributed by atoms with Crippen molar-refractivity contribution in [3.63, 3.8) is 0 Å². The van der Waals surface area contributed by atoms with Crippen molar-refractivity contribution >= 4 is 0 Å². The van der Waals surface area contributed by atoms with Crippen LogP contribution >= 0.6 is 0 Å². The van der Waals surface area contributed by atoms with E-state index in [1.807, 2.05) is 0 Å². The molecule has 2 aliphatic carbocycles. The van der Waals surface area contributed by atoms with Gasteiger partial charge in [-0.15, -0.1) is 0 Å². The molecule has 2 nitrogen and oxygen atoms in total. The lowest BCUT2D eigenvalue weighted by atomic mass is 9.79. The first kappa shape index (κ1) is 15.8. The molecule has 1 heterocycles. The zero-order valence-electron chi connectivity index (χ0n) is 14.7. The third kappa shape index (κ3) is 3.47. The van der Waals surface area contributed by atoms with Gasteiger partial charge >= 0.3 is 0 Å². The molecule has 0 aromatic heterocycles. The summed E-state index contributed by atoms with van der Waals surface area (Å²) in [5, 5.41) is 3.93. The minimum Gasteiger partial charge on any atom is -0.308 e. The largest absolute Gasteiger partial charge is 0.308 e. The third-order valence-corrected chi connectivity index (χ3v) is 6.72. The highest BCUT2D eigenvalue weighted by Crippen LogP contribution is 2.42. The molecule has 4 unspecified atom stereocenters. The Kier molecular flexibility index (Phi) is 4.66. The Hall–Kier alpha value is -0.0800. The molecular weight excluding hydrogens is 256 g/mol. The molecule has 2 saturated carbocycles. The lowest BCUT2D eigenvalue weighted by Crippen LogP contribution is -2.65. The summed E-state index contributed by atoms with van der Waals surface area (Å²) in [5.74, 6) is 3.59. The van der Waals surface area contributed by atoms with Gasteiger partial charge in [-0.3, -0.25) is 4.90 Å². The van der Waals surface area contributed by atoms with Crippen molar-refractivity contribution in [3.8, 4) is 0 Å². The highest BCUT2D eigenvalue weighted by atomic mass is 15.3. The van der Waals surface area contributed by atoms with Gasteiger partial charge in [0.25, 0.3) is 0 Å². The Labute approximate surface area is 132 Å². The van der Waals surface area contributed by atoms with E-state index in [4.69, 9.17) is 0 Å². The van der Waals surface area contributed by atoms with Crippen LogP contribution in [0.3, 0.4) is 0 Å². The Morgan fingerprint density at radius 2 is 1.86 bits per heavy atom. The Bertz CT molecular complexity index is 349. The fourth-order valence-electron chi connectivity index (χ4n) is 4.88. The summed E-state index contributed by atoms with van der Waals surface area (Å²) in [4.78, 5) is 2.88. The molecule has 0 amide bonds. The van der Waals surface area contributed by atoms with Crippen LogP contribution in [0.1, 0.15) is 66.2 Å². The van der Waals surface area contributed by atoms with E-state index in [2.05, 4.69) is 37.9 Å². The van der Waals surface area contributed by atoms with E-state index in [9.17, 15) is 0 Å². The van der Waals surface area contributed by atoms with Crippen molar-refractivity contribution in [2.24, 2.45) is 23.7 Å². The maximum Gasteiger partial charge on any atom is 0.0309 e. The molecule has 1 saturated heterocycles. The van der Waals surface area contributed by atoms with Crippen LogP contribution in [-0.2, 0) is 0 Å². The summed E-state index contributed by atoms with van der Waals surface area (Å²) in [5.41, 5.74) is 0.392. The number of nitrogens with zero attached hydrogens (tertiary/aromatic N) is 1. The standard InChI is InChI=1S/C19H36N2/c1-14(2)18-11-20-19(4,17-9-10-17)13-21(18)12-16-8-6-5-7-15(16)3/h14-18,20H,5-13H2,1-4H3. The van der Waals surface area contributed by atoms with Crippen molar-refractivity contribution in [3.05, 3.63) is 0 Å². The second kappa shape index (κ2) is 6.20. The molecular formula is C19H36N2. The molecule has 0 aromatic rings. The number of hydrogen-bond acceptors (Lipinski definition) is 2. The molecule has 0 radical (unpaired) electrons. The van der Waals surface area contributed by atoms with Crippen LogP contribution in [-0.4, -0.2) is 36.1 Å². The van der Waals surface area contributed by atoms with Crippen LogP contribution < -0.4 is 5.32 Å². The first-order valence-corrected chi connectivity index (χ1v) is 9.48. The summed E-state index contributed by atoms with van der Waals surface area (Å²) in [6, 6.07) is 0.742. The molecule has 3 aliphatic rings. The minimum absolute atomic E-state index is 0.392. The predicted molar refractivity (Wildman–Crippen MR) is 90.5 cm³/mol. The maximum absolute atomic E-state index is 3.93. The molecule has 1 aliphatic heterocycles. The quantitative estimate of drug-likeness (QED) is 0.845. The number of hydrogen-bond donors (Lipinski definition) is 1. The Morgan fingerprint density at radius 3 is 2.48 bits per heavy atom. The van der Waals surface area contributed by atoms with Crippen molar-refractivity contribution in [2.75, 3.05) is 19.6 Å². The van der Waals surface area contributed by atoms with E-state index < -0.39 is 0 Å². The van der Waals surface area contributed by atoms with E-state index in [-0.39, 0.29) is 0 Å². The Morgan fingerprint density at radius 1 is 1.14 bits per heavy atom. The molecule has 0 spiro atoms. The van der Waals surface area contributed by atoms with Gasteiger partial charge in [0.1, 0.15) is 0 Å². The van der Waals surface area contributed by atoms with Crippen LogP contribution in [0.4, 0.5) is 0 Å². The van der Waals surface area contributed by atoms with Gasteiger partial charge in [-0.05, 0) is 49.9 Å². The van der Waals surface area contributed by atoms with Gasteiger partial charge in [0.05, 0.1) is 0 Å². The Balaban J connectivity index is 1.67. The second-order valence-corrected chi connectivity index (χ2v) is 8.84. The smallest absolute Gasteiger partial charge is 0.0309 e. The van der Waals surface area contributed by atoms with Gasteiger partial charge in [-0.2, -0.15) is 0 Å². The average molecular weight is 293 g/mol. The highest BCUT2D eigenvalue weighted by molar-refractivity contribution is 5.04. The van der Waals surface area contributed by atoms with E-state index in [0.717, 1.165) is 29.7 Å². The van der Waals surface area contributed by atoms with Crippen LogP contribution in [0, 0.1) is 23.7 Å². The zero-order chi connectivity index (χ0) is 15.0.